The molecule has 8 nitrogen and oxygen atoms in total. The third kappa shape index (κ3) is 4.24. The zero-order valence-corrected chi connectivity index (χ0v) is 17.2. The highest BCUT2D eigenvalue weighted by atomic mass is 35.5. The van der Waals surface area contributed by atoms with Crippen LogP contribution in [0.5, 0.6) is 0 Å². The molecule has 4 rings (SSSR count). The minimum Gasteiger partial charge on any atom is -0.352 e. The van der Waals surface area contributed by atoms with Crippen molar-refractivity contribution < 1.29 is 13.6 Å². The van der Waals surface area contributed by atoms with Crippen molar-refractivity contribution in [3.05, 3.63) is 52.0 Å². The van der Waals surface area contributed by atoms with E-state index in [-0.39, 0.29) is 24.2 Å². The smallest absolute Gasteiger partial charge is 0.295 e. The minimum absolute atomic E-state index is 0.150. The maximum Gasteiger partial charge on any atom is 0.295 e. The lowest BCUT2D eigenvalue weighted by Crippen LogP contribution is -2.33. The lowest BCUT2D eigenvalue weighted by molar-refractivity contribution is 0.0662. The quantitative estimate of drug-likeness (QED) is 0.604. The molecule has 0 spiro atoms. The van der Waals surface area contributed by atoms with E-state index in [2.05, 4.69) is 25.8 Å². The summed E-state index contributed by atoms with van der Waals surface area (Å²) in [7, 11) is 0. The maximum atomic E-state index is 13.3. The van der Waals surface area contributed by atoms with Gasteiger partial charge in [-0.25, -0.2) is 13.5 Å². The first-order chi connectivity index (χ1) is 14.3. The summed E-state index contributed by atoms with van der Waals surface area (Å²) in [5.74, 6) is -0.675. The fourth-order valence-corrected chi connectivity index (χ4v) is 3.69. The Balaban J connectivity index is 1.47. The van der Waals surface area contributed by atoms with Crippen molar-refractivity contribution in [3.63, 3.8) is 0 Å². The molecule has 2 atom stereocenters. The van der Waals surface area contributed by atoms with E-state index in [4.69, 9.17) is 23.2 Å². The third-order valence-corrected chi connectivity index (χ3v) is 5.24. The number of alkyl halides is 2. The fraction of sp³-hybridized carbons (Fsp3) is 0.333. The number of anilines is 2. The highest BCUT2D eigenvalue weighted by molar-refractivity contribution is 6.35. The average molecular weight is 456 g/mol. The SMILES string of the molecule is CC1CC(C(F)F)n2nc(C(=O)Nc3cnn(Cc4ccc(Cl)cc4Cl)c3)nc2N1. The molecule has 0 aliphatic carbocycles. The Kier molecular flexibility index (Phi) is 5.61. The molecule has 2 aromatic heterocycles. The normalized spacial score (nSPS) is 18.2. The van der Waals surface area contributed by atoms with Gasteiger partial charge in [-0.2, -0.15) is 10.1 Å². The number of aromatic nitrogens is 5. The van der Waals surface area contributed by atoms with Gasteiger partial charge < -0.3 is 10.6 Å². The van der Waals surface area contributed by atoms with E-state index in [9.17, 15) is 13.6 Å². The van der Waals surface area contributed by atoms with Crippen LogP contribution in [0.1, 0.15) is 35.6 Å². The van der Waals surface area contributed by atoms with Gasteiger partial charge in [0, 0.05) is 22.3 Å². The predicted molar refractivity (Wildman–Crippen MR) is 109 cm³/mol. The number of carbonyl (C=O) groups excluding carboxylic acids is 1. The number of nitrogens with one attached hydrogen (secondary N) is 2. The third-order valence-electron chi connectivity index (χ3n) is 4.65. The lowest BCUT2D eigenvalue weighted by atomic mass is 10.1. The van der Waals surface area contributed by atoms with Crippen LogP contribution in [0.25, 0.3) is 0 Å². The summed E-state index contributed by atoms with van der Waals surface area (Å²) in [6, 6.07) is 3.82. The first-order valence-corrected chi connectivity index (χ1v) is 9.84. The predicted octanol–water partition coefficient (Wildman–Crippen LogP) is 4.09. The molecule has 3 heterocycles. The fourth-order valence-electron chi connectivity index (χ4n) is 3.23. The van der Waals surface area contributed by atoms with Crippen LogP contribution in [0.4, 0.5) is 20.4 Å². The summed E-state index contributed by atoms with van der Waals surface area (Å²) >= 11 is 12.1. The van der Waals surface area contributed by atoms with Crippen molar-refractivity contribution in [2.45, 2.75) is 38.4 Å². The molecule has 0 fully saturated rings. The van der Waals surface area contributed by atoms with Crippen molar-refractivity contribution in [1.29, 1.82) is 0 Å². The number of benzene rings is 1. The largest absolute Gasteiger partial charge is 0.352 e. The lowest BCUT2D eigenvalue weighted by Gasteiger charge is -2.28. The molecule has 12 heteroatoms. The van der Waals surface area contributed by atoms with E-state index in [0.29, 0.717) is 22.3 Å². The number of hydrogen-bond acceptors (Lipinski definition) is 5. The van der Waals surface area contributed by atoms with Gasteiger partial charge in [0.25, 0.3) is 12.3 Å². The standard InChI is InChI=1S/C18H17Cl2F2N7O/c1-9-4-14(15(21)22)29-18(24-9)26-16(27-29)17(30)25-12-6-23-28(8-12)7-10-2-3-11(19)5-13(10)20/h2-3,5-6,8-9,14-15H,4,7H2,1H3,(H,25,30)(H,24,26,27). The van der Waals surface area contributed by atoms with Crippen LogP contribution in [-0.4, -0.2) is 42.9 Å². The van der Waals surface area contributed by atoms with E-state index >= 15 is 0 Å². The highest BCUT2D eigenvalue weighted by Crippen LogP contribution is 2.30. The van der Waals surface area contributed by atoms with Gasteiger partial charge >= 0.3 is 0 Å². The van der Waals surface area contributed by atoms with Crippen LogP contribution in [0.3, 0.4) is 0 Å². The topological polar surface area (TPSA) is 89.7 Å². The zero-order valence-electron chi connectivity index (χ0n) is 15.7. The number of carbonyl (C=O) groups is 1. The molecule has 0 bridgehead atoms. The Bertz CT molecular complexity index is 1080. The Hall–Kier alpha value is -2.72. The van der Waals surface area contributed by atoms with Crippen molar-refractivity contribution >= 4 is 40.7 Å². The van der Waals surface area contributed by atoms with Crippen LogP contribution in [0, 0.1) is 0 Å². The maximum absolute atomic E-state index is 13.3. The van der Waals surface area contributed by atoms with Crippen LogP contribution in [0.15, 0.2) is 30.6 Å². The van der Waals surface area contributed by atoms with Gasteiger partial charge in [0.15, 0.2) is 0 Å². The highest BCUT2D eigenvalue weighted by Gasteiger charge is 2.34. The van der Waals surface area contributed by atoms with Crippen LogP contribution < -0.4 is 10.6 Å². The summed E-state index contributed by atoms with van der Waals surface area (Å²) in [5.41, 5.74) is 1.22. The second kappa shape index (κ2) is 8.19. The average Bonchev–Trinajstić information content (AvgIpc) is 3.30. The molecule has 1 aliphatic heterocycles. The molecule has 1 aromatic carbocycles. The van der Waals surface area contributed by atoms with Crippen molar-refractivity contribution in [2.75, 3.05) is 10.6 Å². The van der Waals surface area contributed by atoms with Gasteiger partial charge in [0.1, 0.15) is 6.04 Å². The molecule has 0 saturated heterocycles. The van der Waals surface area contributed by atoms with Crippen LogP contribution >= 0.6 is 23.2 Å². The minimum atomic E-state index is -2.61. The first kappa shape index (κ1) is 20.5. The molecule has 2 unspecified atom stereocenters. The Labute approximate surface area is 180 Å². The summed E-state index contributed by atoms with van der Waals surface area (Å²) in [6.45, 7) is 2.15. The van der Waals surface area contributed by atoms with Gasteiger partial charge in [-0.1, -0.05) is 29.3 Å². The van der Waals surface area contributed by atoms with Gasteiger partial charge in [-0.05, 0) is 31.0 Å². The summed E-state index contributed by atoms with van der Waals surface area (Å²) in [4.78, 5) is 16.6. The summed E-state index contributed by atoms with van der Waals surface area (Å²) in [6.07, 6.45) is 0.653. The monoisotopic (exact) mass is 455 g/mol. The van der Waals surface area contributed by atoms with E-state index in [1.54, 1.807) is 36.0 Å². The molecule has 0 radical (unpaired) electrons. The Morgan fingerprint density at radius 1 is 1.40 bits per heavy atom. The first-order valence-electron chi connectivity index (χ1n) is 9.09. The number of rotatable bonds is 5. The molecular formula is C18H17Cl2F2N7O. The Morgan fingerprint density at radius 2 is 2.20 bits per heavy atom. The van der Waals surface area contributed by atoms with E-state index in [1.807, 2.05) is 0 Å². The van der Waals surface area contributed by atoms with Gasteiger partial charge in [0.2, 0.25) is 11.8 Å². The summed E-state index contributed by atoms with van der Waals surface area (Å²) < 4.78 is 29.3. The van der Waals surface area contributed by atoms with Crippen LogP contribution in [0.2, 0.25) is 10.0 Å². The second-order valence-corrected chi connectivity index (χ2v) is 7.85. The van der Waals surface area contributed by atoms with Crippen LogP contribution in [-0.2, 0) is 6.54 Å². The number of nitrogens with zero attached hydrogens (tertiary/aromatic N) is 5. The summed E-state index contributed by atoms with van der Waals surface area (Å²) in [5, 5.41) is 14.8. The molecule has 1 amide bonds. The molecule has 1 aliphatic rings. The zero-order chi connectivity index (χ0) is 21.4. The van der Waals surface area contributed by atoms with Gasteiger partial charge in [0.05, 0.1) is 18.4 Å². The molecule has 2 N–H and O–H groups in total. The molecule has 3 aromatic rings. The Morgan fingerprint density at radius 3 is 2.93 bits per heavy atom. The van der Waals surface area contributed by atoms with E-state index < -0.39 is 18.4 Å². The van der Waals surface area contributed by atoms with Crippen molar-refractivity contribution in [3.8, 4) is 0 Å². The number of fused-ring (bicyclic) bond motifs is 1. The van der Waals surface area contributed by atoms with Gasteiger partial charge in [-0.15, -0.1) is 5.10 Å². The van der Waals surface area contributed by atoms with E-state index in [1.165, 1.54) is 6.20 Å². The molecular weight excluding hydrogens is 439 g/mol. The van der Waals surface area contributed by atoms with Crippen molar-refractivity contribution in [1.82, 2.24) is 24.5 Å². The second-order valence-electron chi connectivity index (χ2n) is 7.00. The number of halogens is 4. The number of amides is 1. The van der Waals surface area contributed by atoms with Gasteiger partial charge in [-0.3, -0.25) is 9.48 Å². The molecule has 30 heavy (non-hydrogen) atoms. The molecule has 158 valence electrons. The molecule has 0 saturated carbocycles. The van der Waals surface area contributed by atoms with Crippen molar-refractivity contribution in [2.24, 2.45) is 0 Å². The van der Waals surface area contributed by atoms with E-state index in [0.717, 1.165) is 10.2 Å². The number of hydrogen-bond donors (Lipinski definition) is 2.